The van der Waals surface area contributed by atoms with Gasteiger partial charge < -0.3 is 0 Å². The fourth-order valence-electron chi connectivity index (χ4n) is 1.30. The number of alkyl halides is 3. The summed E-state index contributed by atoms with van der Waals surface area (Å²) in [5, 5.41) is 4.38. The molecular weight excluding hydrogens is 282 g/mol. The molecule has 19 heavy (non-hydrogen) atoms. The van der Waals surface area contributed by atoms with Gasteiger partial charge in [-0.1, -0.05) is 23.9 Å². The third-order valence-electron chi connectivity index (χ3n) is 2.34. The summed E-state index contributed by atoms with van der Waals surface area (Å²) < 4.78 is 50.6. The van der Waals surface area contributed by atoms with E-state index in [4.69, 9.17) is 0 Å². The van der Waals surface area contributed by atoms with Crippen molar-refractivity contribution in [3.63, 3.8) is 0 Å². The van der Waals surface area contributed by atoms with Crippen LogP contribution < -0.4 is 0 Å². The Kier molecular flexibility index (Phi) is 3.79. The van der Waals surface area contributed by atoms with E-state index in [-0.39, 0.29) is 16.5 Å². The van der Waals surface area contributed by atoms with E-state index in [9.17, 15) is 17.6 Å². The molecule has 0 aliphatic heterocycles. The highest BCUT2D eigenvalue weighted by atomic mass is 32.2. The first-order chi connectivity index (χ1) is 8.88. The van der Waals surface area contributed by atoms with E-state index in [1.54, 1.807) is 6.07 Å². The molecule has 0 saturated heterocycles. The number of nitrogens with zero attached hydrogens (tertiary/aromatic N) is 2. The SMILES string of the molecule is CC(Sc1n[nH]c(-c2ccccc2F)n1)C(F)(F)F. The Morgan fingerprint density at radius 3 is 2.58 bits per heavy atom. The van der Waals surface area contributed by atoms with Crippen molar-refractivity contribution in [2.75, 3.05) is 0 Å². The van der Waals surface area contributed by atoms with Gasteiger partial charge in [0.15, 0.2) is 5.82 Å². The number of H-pyrrole nitrogens is 1. The van der Waals surface area contributed by atoms with Gasteiger partial charge in [-0.05, 0) is 19.1 Å². The van der Waals surface area contributed by atoms with Crippen LogP contribution in [0.2, 0.25) is 0 Å². The summed E-state index contributed by atoms with van der Waals surface area (Å²) in [5.74, 6) is -0.408. The van der Waals surface area contributed by atoms with Gasteiger partial charge in [0.25, 0.3) is 0 Å². The molecule has 1 atom stereocenters. The summed E-state index contributed by atoms with van der Waals surface area (Å²) in [6, 6.07) is 5.82. The second kappa shape index (κ2) is 5.20. The van der Waals surface area contributed by atoms with Crippen molar-refractivity contribution in [2.24, 2.45) is 0 Å². The van der Waals surface area contributed by atoms with Crippen molar-refractivity contribution in [3.8, 4) is 11.4 Å². The number of rotatable bonds is 3. The first-order valence-electron chi connectivity index (χ1n) is 5.28. The van der Waals surface area contributed by atoms with Crippen LogP contribution >= 0.6 is 11.8 Å². The molecule has 2 rings (SSSR count). The number of thioether (sulfide) groups is 1. The molecule has 1 aromatic heterocycles. The molecule has 0 aliphatic rings. The van der Waals surface area contributed by atoms with Gasteiger partial charge >= 0.3 is 6.18 Å². The van der Waals surface area contributed by atoms with Crippen LogP contribution in [0.5, 0.6) is 0 Å². The summed E-state index contributed by atoms with van der Waals surface area (Å²) in [7, 11) is 0. The Labute approximate surface area is 110 Å². The van der Waals surface area contributed by atoms with Crippen LogP contribution in [0.25, 0.3) is 11.4 Å². The lowest BCUT2D eigenvalue weighted by Gasteiger charge is -2.12. The predicted molar refractivity (Wildman–Crippen MR) is 63.2 cm³/mol. The Bertz CT molecular complexity index is 567. The van der Waals surface area contributed by atoms with E-state index >= 15 is 0 Å². The number of nitrogens with one attached hydrogen (secondary N) is 1. The number of halogens is 4. The fourth-order valence-corrected chi connectivity index (χ4v) is 1.99. The smallest absolute Gasteiger partial charge is 0.258 e. The Morgan fingerprint density at radius 2 is 1.95 bits per heavy atom. The average Bonchev–Trinajstić information content (AvgIpc) is 2.76. The lowest BCUT2D eigenvalue weighted by molar-refractivity contribution is -0.125. The monoisotopic (exact) mass is 291 g/mol. The highest BCUT2D eigenvalue weighted by molar-refractivity contribution is 7.99. The number of hydrogen-bond acceptors (Lipinski definition) is 3. The molecular formula is C11H9F4N3S. The second-order valence-corrected chi connectivity index (χ2v) is 5.06. The van der Waals surface area contributed by atoms with Gasteiger partial charge in [-0.15, -0.1) is 5.10 Å². The molecule has 1 unspecified atom stereocenters. The minimum absolute atomic E-state index is 0.0666. The van der Waals surface area contributed by atoms with E-state index < -0.39 is 17.2 Å². The van der Waals surface area contributed by atoms with Crippen LogP contribution in [0, 0.1) is 5.82 Å². The maximum absolute atomic E-state index is 13.5. The van der Waals surface area contributed by atoms with E-state index in [2.05, 4.69) is 15.2 Å². The van der Waals surface area contributed by atoms with Crippen LogP contribution in [-0.4, -0.2) is 26.6 Å². The largest absolute Gasteiger partial charge is 0.400 e. The van der Waals surface area contributed by atoms with Crippen LogP contribution in [0.15, 0.2) is 29.4 Å². The molecule has 1 aromatic carbocycles. The first-order valence-corrected chi connectivity index (χ1v) is 6.16. The number of benzene rings is 1. The van der Waals surface area contributed by atoms with Gasteiger partial charge in [0, 0.05) is 0 Å². The molecule has 0 aliphatic carbocycles. The summed E-state index contributed by atoms with van der Waals surface area (Å²) >= 11 is 0.471. The van der Waals surface area contributed by atoms with E-state index in [1.165, 1.54) is 18.2 Å². The van der Waals surface area contributed by atoms with Crippen molar-refractivity contribution >= 4 is 11.8 Å². The summed E-state index contributed by atoms with van der Waals surface area (Å²) in [6.07, 6.45) is -4.33. The number of aromatic nitrogens is 3. The van der Waals surface area contributed by atoms with Gasteiger partial charge in [0.2, 0.25) is 5.16 Å². The highest BCUT2D eigenvalue weighted by Gasteiger charge is 2.37. The topological polar surface area (TPSA) is 41.6 Å². The first kappa shape index (κ1) is 13.9. The van der Waals surface area contributed by atoms with E-state index in [0.717, 1.165) is 6.92 Å². The lowest BCUT2D eigenvalue weighted by atomic mass is 10.2. The molecule has 8 heteroatoms. The maximum atomic E-state index is 13.5. The van der Waals surface area contributed by atoms with Gasteiger partial charge in [-0.3, -0.25) is 5.10 Å². The molecule has 0 amide bonds. The van der Waals surface area contributed by atoms with Crippen LogP contribution in [0.3, 0.4) is 0 Å². The highest BCUT2D eigenvalue weighted by Crippen LogP contribution is 2.33. The van der Waals surface area contributed by atoms with Crippen molar-refractivity contribution < 1.29 is 17.6 Å². The van der Waals surface area contributed by atoms with Crippen LogP contribution in [0.1, 0.15) is 6.92 Å². The maximum Gasteiger partial charge on any atom is 0.400 e. The van der Waals surface area contributed by atoms with Crippen molar-refractivity contribution in [2.45, 2.75) is 23.5 Å². The molecule has 1 N–H and O–H groups in total. The molecule has 2 aromatic rings. The number of aromatic amines is 1. The molecule has 0 bridgehead atoms. The molecule has 102 valence electrons. The second-order valence-electron chi connectivity index (χ2n) is 3.75. The quantitative estimate of drug-likeness (QED) is 0.693. The summed E-state index contributed by atoms with van der Waals surface area (Å²) in [5.41, 5.74) is 0.168. The third kappa shape index (κ3) is 3.25. The molecule has 0 saturated carbocycles. The standard InChI is InChI=1S/C11H9F4N3S/c1-6(11(13,14)15)19-10-16-9(17-18-10)7-4-2-3-5-8(7)12/h2-6H,1H3,(H,16,17,18). The van der Waals surface area contributed by atoms with Crippen molar-refractivity contribution in [1.29, 1.82) is 0 Å². The Balaban J connectivity index is 2.19. The van der Waals surface area contributed by atoms with E-state index in [0.29, 0.717) is 11.8 Å². The number of hydrogen-bond donors (Lipinski definition) is 1. The fraction of sp³-hybridized carbons (Fsp3) is 0.273. The third-order valence-corrected chi connectivity index (χ3v) is 3.35. The molecule has 3 nitrogen and oxygen atoms in total. The zero-order chi connectivity index (χ0) is 14.0. The zero-order valence-corrected chi connectivity index (χ0v) is 10.5. The normalized spacial score (nSPS) is 13.5. The van der Waals surface area contributed by atoms with Crippen molar-refractivity contribution in [3.05, 3.63) is 30.1 Å². The van der Waals surface area contributed by atoms with Crippen LogP contribution in [0.4, 0.5) is 17.6 Å². The van der Waals surface area contributed by atoms with Crippen LogP contribution in [-0.2, 0) is 0 Å². The zero-order valence-electron chi connectivity index (χ0n) is 9.70. The van der Waals surface area contributed by atoms with Gasteiger partial charge in [-0.25, -0.2) is 9.37 Å². The lowest BCUT2D eigenvalue weighted by Crippen LogP contribution is -2.22. The van der Waals surface area contributed by atoms with Gasteiger partial charge in [0.1, 0.15) is 11.1 Å². The van der Waals surface area contributed by atoms with Crippen molar-refractivity contribution in [1.82, 2.24) is 15.2 Å². The summed E-state index contributed by atoms with van der Waals surface area (Å²) in [6.45, 7) is 1.02. The molecule has 0 fully saturated rings. The molecule has 1 heterocycles. The predicted octanol–water partition coefficient (Wildman–Crippen LogP) is 3.65. The minimum atomic E-state index is -4.33. The van der Waals surface area contributed by atoms with E-state index in [1.807, 2.05) is 0 Å². The molecule has 0 spiro atoms. The van der Waals surface area contributed by atoms with Gasteiger partial charge in [0.05, 0.1) is 5.56 Å². The molecule has 0 radical (unpaired) electrons. The Hall–Kier alpha value is -1.57. The minimum Gasteiger partial charge on any atom is -0.258 e. The van der Waals surface area contributed by atoms with Gasteiger partial charge in [-0.2, -0.15) is 13.2 Å². The summed E-state index contributed by atoms with van der Waals surface area (Å²) in [4.78, 5) is 3.85. The Morgan fingerprint density at radius 1 is 1.26 bits per heavy atom. The average molecular weight is 291 g/mol.